The molecule has 2 saturated heterocycles. The molecule has 0 bridgehead atoms. The van der Waals surface area contributed by atoms with E-state index in [-0.39, 0.29) is 111 Å². The topological polar surface area (TPSA) is 365 Å². The molecule has 12 amide bonds. The van der Waals surface area contributed by atoms with Gasteiger partial charge in [0.1, 0.15) is 30.8 Å². The number of methoxy groups -OCH3 is 3. The van der Waals surface area contributed by atoms with Gasteiger partial charge in [-0.3, -0.25) is 58.3 Å². The minimum absolute atomic E-state index is 0.0814. The lowest BCUT2D eigenvalue weighted by Crippen LogP contribution is -2.58. The van der Waals surface area contributed by atoms with Crippen LogP contribution in [0.2, 0.25) is 0 Å². The number of nitrogens with zero attached hydrogens (tertiary/aromatic N) is 4. The highest BCUT2D eigenvalue weighted by atomic mass is 16.5. The van der Waals surface area contributed by atoms with Crippen molar-refractivity contribution in [3.8, 4) is 0 Å². The number of unbranched alkanes of at least 4 members (excludes halogenated alkanes) is 2. The fraction of sp³-hybridized carbons (Fsp3) is 0.589. The Bertz CT molecular complexity index is 3290. The number of likely N-dealkylation sites (tertiary alicyclic amines) is 2. The number of hydrogen-bond donors (Lipinski definition) is 8. The number of ether oxygens (including phenoxy) is 4. The summed E-state index contributed by atoms with van der Waals surface area (Å²) in [4.78, 5) is 165. The van der Waals surface area contributed by atoms with Gasteiger partial charge in [0.2, 0.25) is 53.2 Å². The minimum atomic E-state index is -1.08. The molecule has 5 rings (SSSR count). The molecule has 28 nitrogen and oxygen atoms in total. The molecule has 0 saturated carbocycles. The second-order valence-corrected chi connectivity index (χ2v) is 26.9. The van der Waals surface area contributed by atoms with Gasteiger partial charge in [0.15, 0.2) is 0 Å². The standard InChI is InChI=1S/C73H108N12O16/c1-14-45(4)63(58(98-11)41-61(88)84-37-23-29-57(84)64(99-12)47(6)65(89)81-56(71(95)100-13)40-50-24-17-15-18-25-50)83(10)70(94)49(8)77-68(92)62(44(2)3)82(9)42-52-26-21-27-54(39-52)79-73(97)101-43-51-31-33-53(34-32-51)78-67(91)55(28-22-35-75-72(74)96)80-66(90)48(7)76-59(86)30-19-16-20-36-85-60(87)38-46(5)69(85)93/h15,17-18,21,24-27,31-34,39,44-49,55-58,62-64H,14,16,19-20,22-23,28-30,35-38,40-43H2,1-13H3,(H,76,86)(H,77,92)(H,78,91)(H,79,97)(H,80,90)(H,81,89)(H3,74,75,96)/t45-,46?,47?,48-,49-,55-,56-,57-,58+,62-,63-,64+/m0/s1. The van der Waals surface area contributed by atoms with Gasteiger partial charge in [-0.2, -0.15) is 0 Å². The summed E-state index contributed by atoms with van der Waals surface area (Å²) in [6, 6.07) is 16.3. The zero-order valence-corrected chi connectivity index (χ0v) is 60.9. The van der Waals surface area contributed by atoms with Gasteiger partial charge in [0.05, 0.1) is 49.8 Å². The van der Waals surface area contributed by atoms with Crippen LogP contribution in [0.25, 0.3) is 0 Å². The third-order valence-corrected chi connectivity index (χ3v) is 18.8. The number of likely N-dealkylation sites (N-methyl/N-ethyl adjacent to an activating group) is 2. The highest BCUT2D eigenvalue weighted by molar-refractivity contribution is 6.03. The van der Waals surface area contributed by atoms with Crippen molar-refractivity contribution in [1.29, 1.82) is 0 Å². The lowest BCUT2D eigenvalue weighted by Gasteiger charge is -2.40. The molecule has 0 radical (unpaired) electrons. The van der Waals surface area contributed by atoms with Crippen LogP contribution in [-0.2, 0) is 86.5 Å². The Hall–Kier alpha value is -9.02. The Morgan fingerprint density at radius 3 is 2.01 bits per heavy atom. The second kappa shape index (κ2) is 41.0. The second-order valence-electron chi connectivity index (χ2n) is 26.9. The number of urea groups is 1. The van der Waals surface area contributed by atoms with Crippen molar-refractivity contribution in [1.82, 2.24) is 46.2 Å². The van der Waals surface area contributed by atoms with Crippen molar-refractivity contribution < 1.29 is 76.5 Å². The number of nitrogens with two attached hydrogens (primary N) is 1. The summed E-state index contributed by atoms with van der Waals surface area (Å²) in [5.41, 5.74) is 8.19. The first-order valence-corrected chi connectivity index (χ1v) is 35.0. The summed E-state index contributed by atoms with van der Waals surface area (Å²) < 4.78 is 22.6. The van der Waals surface area contributed by atoms with Gasteiger partial charge < -0.3 is 66.4 Å². The average molecular weight is 1410 g/mol. The average Bonchev–Trinajstić information content (AvgIpc) is 1.78. The van der Waals surface area contributed by atoms with E-state index >= 15 is 0 Å². The van der Waals surface area contributed by atoms with Gasteiger partial charge >= 0.3 is 18.1 Å². The Labute approximate surface area is 593 Å². The number of imide groups is 1. The highest BCUT2D eigenvalue weighted by Crippen LogP contribution is 2.30. The Kier molecular flexibility index (Phi) is 33.6. The summed E-state index contributed by atoms with van der Waals surface area (Å²) >= 11 is 0. The molecule has 556 valence electrons. The molecule has 9 N–H and O–H groups in total. The fourth-order valence-electron chi connectivity index (χ4n) is 13.1. The van der Waals surface area contributed by atoms with E-state index in [9.17, 15) is 57.5 Å². The number of anilines is 2. The van der Waals surface area contributed by atoms with Gasteiger partial charge in [-0.05, 0) is 112 Å². The number of amides is 12. The van der Waals surface area contributed by atoms with Crippen LogP contribution in [0.15, 0.2) is 78.9 Å². The van der Waals surface area contributed by atoms with E-state index in [4.69, 9.17) is 24.7 Å². The number of carbonyl (C=O) groups is 12. The smallest absolute Gasteiger partial charge is 0.411 e. The highest BCUT2D eigenvalue weighted by Gasteiger charge is 2.44. The SMILES string of the molecule is CC[C@H](C)[C@@H]([C@@H](CC(=O)N1CCC[C@H]1[C@H](OC)C(C)C(=O)N[C@@H](Cc1ccccc1)C(=O)OC)OC)N(C)C(=O)[C@H](C)NC(=O)[C@H](C(C)C)N(C)Cc1cccc(NC(=O)OCc2ccc(NC(=O)[C@H](CCCNC(N)=O)NC(=O)[C@H](C)NC(=O)CCCCCN3C(=O)CC(C)C3=O)cc2)c1. The zero-order valence-electron chi connectivity index (χ0n) is 60.9. The van der Waals surface area contributed by atoms with Crippen LogP contribution in [-0.4, -0.2) is 200 Å². The van der Waals surface area contributed by atoms with Crippen molar-refractivity contribution in [2.24, 2.45) is 29.4 Å². The molecular weight excluding hydrogens is 1300 g/mol. The number of rotatable bonds is 40. The molecule has 3 aromatic rings. The molecule has 2 aliphatic heterocycles. The first kappa shape index (κ1) is 82.6. The van der Waals surface area contributed by atoms with Crippen LogP contribution in [0.5, 0.6) is 0 Å². The van der Waals surface area contributed by atoms with Crippen molar-refractivity contribution >= 4 is 82.6 Å². The van der Waals surface area contributed by atoms with E-state index in [2.05, 4.69) is 37.2 Å². The molecule has 2 unspecified atom stereocenters. The number of hydrogen-bond acceptors (Lipinski definition) is 17. The predicted molar refractivity (Wildman–Crippen MR) is 379 cm³/mol. The maximum atomic E-state index is 14.5. The predicted octanol–water partition coefficient (Wildman–Crippen LogP) is 5.55. The number of carbonyl (C=O) groups excluding carboxylic acids is 12. The molecule has 3 aromatic carbocycles. The zero-order chi connectivity index (χ0) is 74.6. The third kappa shape index (κ3) is 25.2. The van der Waals surface area contributed by atoms with Crippen molar-refractivity contribution in [2.45, 2.75) is 200 Å². The van der Waals surface area contributed by atoms with E-state index in [1.165, 1.54) is 33.2 Å². The Morgan fingerprint density at radius 2 is 1.39 bits per heavy atom. The van der Waals surface area contributed by atoms with Gasteiger partial charge in [-0.1, -0.05) is 109 Å². The molecule has 2 heterocycles. The van der Waals surface area contributed by atoms with E-state index in [0.29, 0.717) is 68.6 Å². The van der Waals surface area contributed by atoms with Crippen LogP contribution in [0, 0.1) is 23.7 Å². The Balaban J connectivity index is 1.11. The van der Waals surface area contributed by atoms with E-state index < -0.39 is 96.2 Å². The largest absolute Gasteiger partial charge is 0.467 e. The third-order valence-electron chi connectivity index (χ3n) is 18.8. The summed E-state index contributed by atoms with van der Waals surface area (Å²) in [6.45, 7) is 15.3. The molecule has 28 heteroatoms. The number of esters is 1. The number of benzene rings is 3. The summed E-state index contributed by atoms with van der Waals surface area (Å²) in [6.07, 6.45) is 2.10. The molecule has 0 aromatic heterocycles. The molecule has 0 spiro atoms. The van der Waals surface area contributed by atoms with E-state index in [0.717, 1.165) is 11.1 Å². The van der Waals surface area contributed by atoms with E-state index in [1.54, 1.807) is 87.1 Å². The van der Waals surface area contributed by atoms with Gasteiger partial charge in [-0.15, -0.1) is 0 Å². The van der Waals surface area contributed by atoms with Crippen LogP contribution in [0.4, 0.5) is 21.0 Å². The normalized spacial score (nSPS) is 17.4. The number of nitrogens with one attached hydrogen (secondary N) is 7. The first-order chi connectivity index (χ1) is 48.0. The van der Waals surface area contributed by atoms with Crippen LogP contribution < -0.4 is 43.0 Å². The van der Waals surface area contributed by atoms with Crippen molar-refractivity contribution in [2.75, 3.05) is 65.7 Å². The monoisotopic (exact) mass is 1410 g/mol. The van der Waals surface area contributed by atoms with E-state index in [1.807, 2.05) is 69.0 Å². The molecule has 12 atom stereocenters. The maximum Gasteiger partial charge on any atom is 0.411 e. The van der Waals surface area contributed by atoms with Gasteiger partial charge in [0.25, 0.3) is 0 Å². The molecule has 0 aliphatic carbocycles. The van der Waals surface area contributed by atoms with Crippen LogP contribution in [0.3, 0.4) is 0 Å². The molecule has 101 heavy (non-hydrogen) atoms. The lowest BCUT2D eigenvalue weighted by molar-refractivity contribution is -0.148. The van der Waals surface area contributed by atoms with Crippen molar-refractivity contribution in [3.63, 3.8) is 0 Å². The first-order valence-electron chi connectivity index (χ1n) is 35.0. The van der Waals surface area contributed by atoms with Gasteiger partial charge in [0, 0.05) is 84.0 Å². The number of primary amides is 1. The lowest BCUT2D eigenvalue weighted by atomic mass is 9.90. The fourth-order valence-corrected chi connectivity index (χ4v) is 13.1. The Morgan fingerprint density at radius 1 is 0.703 bits per heavy atom. The minimum Gasteiger partial charge on any atom is -0.467 e. The molecular formula is C73H108N12O16. The van der Waals surface area contributed by atoms with Crippen molar-refractivity contribution in [3.05, 3.63) is 95.6 Å². The van der Waals surface area contributed by atoms with Crippen LogP contribution >= 0.6 is 0 Å². The quantitative estimate of drug-likeness (QED) is 0.0196. The maximum absolute atomic E-state index is 14.5. The summed E-state index contributed by atoms with van der Waals surface area (Å²) in [7, 11) is 7.72. The molecule has 2 aliphatic rings. The molecule has 2 fully saturated rings. The van der Waals surface area contributed by atoms with Crippen LogP contribution in [0.1, 0.15) is 143 Å². The summed E-state index contributed by atoms with van der Waals surface area (Å²) in [5, 5.41) is 19.1. The van der Waals surface area contributed by atoms with Gasteiger partial charge in [-0.25, -0.2) is 14.4 Å². The summed E-state index contributed by atoms with van der Waals surface area (Å²) in [5.74, 6) is -5.40.